The number of thiocarbonyl (C=S) groups is 1. The monoisotopic (exact) mass is 413 g/mol. The summed E-state index contributed by atoms with van der Waals surface area (Å²) in [6, 6.07) is 13.9. The smallest absolute Gasteiger partial charge is 0.257 e. The number of carbonyl (C=O) groups is 2. The number of carbonyl (C=O) groups excluding carboxylic acids is 2. The van der Waals surface area contributed by atoms with Crippen molar-refractivity contribution in [3.63, 3.8) is 0 Å². The van der Waals surface area contributed by atoms with Crippen LogP contribution in [0, 0.1) is 0 Å². The molecule has 0 radical (unpaired) electrons. The Morgan fingerprint density at radius 1 is 1.03 bits per heavy atom. The summed E-state index contributed by atoms with van der Waals surface area (Å²) in [7, 11) is 0. The lowest BCUT2D eigenvalue weighted by molar-refractivity contribution is 0.0772. The molecule has 0 fully saturated rings. The number of hydrogen-bond acceptors (Lipinski definition) is 4. The first-order valence-corrected chi connectivity index (χ1v) is 10.0. The maximum Gasteiger partial charge on any atom is 0.257 e. The predicted octanol–water partition coefficient (Wildman–Crippen LogP) is 4.08. The quantitative estimate of drug-likeness (QED) is 0.669. The molecular weight excluding hydrogens is 386 g/mol. The second-order valence-corrected chi connectivity index (χ2v) is 7.07. The summed E-state index contributed by atoms with van der Waals surface area (Å²) in [5.41, 5.74) is 1.74. The molecule has 2 aromatic carbocycles. The van der Waals surface area contributed by atoms with Crippen LogP contribution in [0.3, 0.4) is 0 Å². The van der Waals surface area contributed by atoms with Crippen molar-refractivity contribution in [2.45, 2.75) is 33.8 Å². The van der Waals surface area contributed by atoms with Gasteiger partial charge in [-0.05, 0) is 82.4 Å². The average molecular weight is 414 g/mol. The van der Waals surface area contributed by atoms with E-state index >= 15 is 0 Å². The van der Waals surface area contributed by atoms with Crippen LogP contribution in [0.4, 0.5) is 5.69 Å². The van der Waals surface area contributed by atoms with E-state index in [9.17, 15) is 9.59 Å². The van der Waals surface area contributed by atoms with Gasteiger partial charge >= 0.3 is 0 Å². The highest BCUT2D eigenvalue weighted by molar-refractivity contribution is 7.80. The molecule has 0 unspecified atom stereocenters. The summed E-state index contributed by atoms with van der Waals surface area (Å²) in [5, 5.41) is 5.78. The van der Waals surface area contributed by atoms with Gasteiger partial charge in [-0.2, -0.15) is 0 Å². The fraction of sp³-hybridized carbons (Fsp3) is 0.318. The van der Waals surface area contributed by atoms with Gasteiger partial charge in [-0.25, -0.2) is 0 Å². The zero-order chi connectivity index (χ0) is 21.4. The van der Waals surface area contributed by atoms with E-state index in [1.807, 2.05) is 27.7 Å². The molecular formula is C22H27N3O3S. The minimum Gasteiger partial charge on any atom is -0.491 e. The van der Waals surface area contributed by atoms with E-state index in [1.165, 1.54) is 0 Å². The molecule has 2 aromatic rings. The predicted molar refractivity (Wildman–Crippen MR) is 120 cm³/mol. The van der Waals surface area contributed by atoms with Gasteiger partial charge in [0.15, 0.2) is 5.11 Å². The number of nitrogens with one attached hydrogen (secondary N) is 2. The number of anilines is 1. The zero-order valence-corrected chi connectivity index (χ0v) is 18.0. The van der Waals surface area contributed by atoms with Gasteiger partial charge < -0.3 is 15.0 Å². The molecule has 2 amide bonds. The molecule has 0 aromatic heterocycles. The molecule has 7 heteroatoms. The normalized spacial score (nSPS) is 10.4. The molecule has 6 nitrogen and oxygen atoms in total. The van der Waals surface area contributed by atoms with E-state index in [4.69, 9.17) is 17.0 Å². The number of hydrogen-bond donors (Lipinski definition) is 2. The van der Waals surface area contributed by atoms with Crippen LogP contribution < -0.4 is 15.4 Å². The first-order chi connectivity index (χ1) is 13.8. The Bertz CT molecular complexity index is 862. The standard InChI is InChI=1S/C22H27N3O3S/c1-5-25(6-2)21(27)16-10-12-18(13-11-16)23-22(29)24-20(26)17-8-7-9-19(14-17)28-15(3)4/h7-15H,5-6H2,1-4H3,(H2,23,24,26,29). The second kappa shape index (κ2) is 10.6. The highest BCUT2D eigenvalue weighted by Crippen LogP contribution is 2.15. The largest absolute Gasteiger partial charge is 0.491 e. The minimum atomic E-state index is -0.329. The molecule has 0 atom stereocenters. The molecule has 0 aliphatic carbocycles. The van der Waals surface area contributed by atoms with Gasteiger partial charge in [0.25, 0.3) is 11.8 Å². The van der Waals surface area contributed by atoms with Crippen molar-refractivity contribution in [2.75, 3.05) is 18.4 Å². The van der Waals surface area contributed by atoms with E-state index in [1.54, 1.807) is 53.4 Å². The number of amides is 2. The minimum absolute atomic E-state index is 0.0130. The highest BCUT2D eigenvalue weighted by Gasteiger charge is 2.13. The SMILES string of the molecule is CCN(CC)C(=O)c1ccc(NC(=S)NC(=O)c2cccc(OC(C)C)c2)cc1. The second-order valence-electron chi connectivity index (χ2n) is 6.66. The molecule has 2 N–H and O–H groups in total. The maximum absolute atomic E-state index is 12.4. The fourth-order valence-electron chi connectivity index (χ4n) is 2.71. The van der Waals surface area contributed by atoms with Gasteiger partial charge in [-0.3, -0.25) is 14.9 Å². The van der Waals surface area contributed by atoms with Crippen molar-refractivity contribution in [1.29, 1.82) is 0 Å². The molecule has 2 rings (SSSR count). The Labute approximate surface area is 177 Å². The van der Waals surface area contributed by atoms with Crippen LogP contribution in [0.1, 0.15) is 48.4 Å². The van der Waals surface area contributed by atoms with E-state index in [0.717, 1.165) is 0 Å². The Morgan fingerprint density at radius 2 is 1.69 bits per heavy atom. The van der Waals surface area contributed by atoms with Crippen molar-refractivity contribution < 1.29 is 14.3 Å². The molecule has 154 valence electrons. The summed E-state index contributed by atoms with van der Waals surface area (Å²) in [6.07, 6.45) is 0.0210. The van der Waals surface area contributed by atoms with Crippen LogP contribution in [-0.2, 0) is 0 Å². The first kappa shape index (κ1) is 22.4. The molecule has 0 saturated carbocycles. The van der Waals surface area contributed by atoms with Gasteiger partial charge in [-0.15, -0.1) is 0 Å². The maximum atomic E-state index is 12.4. The lowest BCUT2D eigenvalue weighted by atomic mass is 10.2. The third-order valence-electron chi connectivity index (χ3n) is 4.14. The topological polar surface area (TPSA) is 70.7 Å². The fourth-order valence-corrected chi connectivity index (χ4v) is 2.92. The highest BCUT2D eigenvalue weighted by atomic mass is 32.1. The van der Waals surface area contributed by atoms with Gasteiger partial charge in [0.2, 0.25) is 0 Å². The van der Waals surface area contributed by atoms with Crippen LogP contribution >= 0.6 is 12.2 Å². The van der Waals surface area contributed by atoms with Crippen LogP contribution in [0.15, 0.2) is 48.5 Å². The molecule has 0 aliphatic heterocycles. The van der Waals surface area contributed by atoms with Crippen LogP contribution in [0.25, 0.3) is 0 Å². The third-order valence-corrected chi connectivity index (χ3v) is 4.34. The van der Waals surface area contributed by atoms with E-state index in [-0.39, 0.29) is 23.0 Å². The Hall–Kier alpha value is -2.93. The van der Waals surface area contributed by atoms with Gasteiger partial charge in [0, 0.05) is 29.9 Å². The van der Waals surface area contributed by atoms with Crippen molar-refractivity contribution in [3.8, 4) is 5.75 Å². The average Bonchev–Trinajstić information content (AvgIpc) is 2.69. The van der Waals surface area contributed by atoms with Crippen molar-refractivity contribution in [2.24, 2.45) is 0 Å². The Morgan fingerprint density at radius 3 is 2.28 bits per heavy atom. The molecule has 0 saturated heterocycles. The molecule has 29 heavy (non-hydrogen) atoms. The van der Waals surface area contributed by atoms with E-state index < -0.39 is 0 Å². The van der Waals surface area contributed by atoms with Crippen LogP contribution in [-0.4, -0.2) is 41.0 Å². The molecule has 0 bridgehead atoms. The van der Waals surface area contributed by atoms with E-state index in [0.29, 0.717) is 35.7 Å². The number of benzene rings is 2. The summed E-state index contributed by atoms with van der Waals surface area (Å²) in [6.45, 7) is 9.06. The van der Waals surface area contributed by atoms with Crippen molar-refractivity contribution in [1.82, 2.24) is 10.2 Å². The molecule has 0 aliphatic rings. The Kier molecular flexibility index (Phi) is 8.15. The summed E-state index contributed by atoms with van der Waals surface area (Å²) in [5.74, 6) is 0.283. The zero-order valence-electron chi connectivity index (χ0n) is 17.2. The summed E-state index contributed by atoms with van der Waals surface area (Å²) in [4.78, 5) is 26.5. The van der Waals surface area contributed by atoms with Crippen molar-refractivity contribution in [3.05, 3.63) is 59.7 Å². The number of ether oxygens (including phenoxy) is 1. The lowest BCUT2D eigenvalue weighted by Gasteiger charge is -2.18. The van der Waals surface area contributed by atoms with Gasteiger partial charge in [0.1, 0.15) is 5.75 Å². The van der Waals surface area contributed by atoms with Gasteiger partial charge in [0.05, 0.1) is 6.10 Å². The van der Waals surface area contributed by atoms with Gasteiger partial charge in [-0.1, -0.05) is 6.07 Å². The number of rotatable bonds is 7. The first-order valence-electron chi connectivity index (χ1n) is 9.62. The number of nitrogens with zero attached hydrogens (tertiary/aromatic N) is 1. The third kappa shape index (κ3) is 6.57. The molecule has 0 heterocycles. The summed E-state index contributed by atoms with van der Waals surface area (Å²) >= 11 is 5.23. The van der Waals surface area contributed by atoms with Crippen molar-refractivity contribution >= 4 is 34.8 Å². The van der Waals surface area contributed by atoms with Crippen LogP contribution in [0.5, 0.6) is 5.75 Å². The lowest BCUT2D eigenvalue weighted by Crippen LogP contribution is -2.34. The van der Waals surface area contributed by atoms with E-state index in [2.05, 4.69) is 10.6 Å². The van der Waals surface area contributed by atoms with Crippen LogP contribution in [0.2, 0.25) is 0 Å². The molecule has 0 spiro atoms. The Balaban J connectivity index is 1.97. The summed E-state index contributed by atoms with van der Waals surface area (Å²) < 4.78 is 5.61.